The number of aryl methyl sites for hydroxylation is 1. The normalized spacial score (nSPS) is 10.6. The van der Waals surface area contributed by atoms with E-state index in [0.29, 0.717) is 38.8 Å². The number of methoxy groups -OCH3 is 2. The van der Waals surface area contributed by atoms with Crippen LogP contribution in [-0.2, 0) is 4.74 Å². The number of anilines is 2. The quantitative estimate of drug-likeness (QED) is 0.412. The Bertz CT molecular complexity index is 1090. The minimum Gasteiger partial charge on any atom is -0.495 e. The van der Waals surface area contributed by atoms with Gasteiger partial charge in [0.15, 0.2) is 0 Å². The van der Waals surface area contributed by atoms with Gasteiger partial charge in [0.25, 0.3) is 0 Å². The topological polar surface area (TPSA) is 47.6 Å². The number of hydrogen-bond acceptors (Lipinski definition) is 4. The van der Waals surface area contributed by atoms with Crippen molar-refractivity contribution in [2.45, 2.75) is 6.92 Å². The molecule has 0 aliphatic heterocycles. The van der Waals surface area contributed by atoms with Gasteiger partial charge in [0.05, 0.1) is 31.2 Å². The molecule has 0 saturated carbocycles. The summed E-state index contributed by atoms with van der Waals surface area (Å²) >= 11 is 9.41. The molecule has 0 atom stereocenters. The minimum absolute atomic E-state index is 0.307. The van der Waals surface area contributed by atoms with Crippen molar-refractivity contribution in [3.05, 3.63) is 75.0 Å². The second-order valence-corrected chi connectivity index (χ2v) is 7.63. The molecule has 7 heteroatoms. The smallest absolute Gasteiger partial charge is 0.340 e. The molecule has 0 unspecified atom stereocenters. The Morgan fingerprint density at radius 3 is 2.48 bits per heavy atom. The fourth-order valence-electron chi connectivity index (χ4n) is 2.90. The molecule has 0 aliphatic carbocycles. The second-order valence-electron chi connectivity index (χ2n) is 6.30. The van der Waals surface area contributed by atoms with Crippen molar-refractivity contribution < 1.29 is 18.7 Å². The Morgan fingerprint density at radius 1 is 1.07 bits per heavy atom. The number of hydrogen-bond donors (Lipinski definition) is 1. The summed E-state index contributed by atoms with van der Waals surface area (Å²) in [6.07, 6.45) is 0. The molecule has 0 bridgehead atoms. The van der Waals surface area contributed by atoms with Crippen LogP contribution in [0.1, 0.15) is 15.9 Å². The molecule has 3 aromatic rings. The van der Waals surface area contributed by atoms with Crippen LogP contribution < -0.4 is 10.1 Å². The van der Waals surface area contributed by atoms with Gasteiger partial charge in [0, 0.05) is 21.1 Å². The first-order valence-corrected chi connectivity index (χ1v) is 9.80. The van der Waals surface area contributed by atoms with Crippen molar-refractivity contribution in [2.24, 2.45) is 0 Å². The maximum atomic E-state index is 14.9. The zero-order chi connectivity index (χ0) is 21.1. The maximum Gasteiger partial charge on any atom is 0.340 e. The molecule has 0 amide bonds. The van der Waals surface area contributed by atoms with E-state index >= 15 is 0 Å². The van der Waals surface area contributed by atoms with Crippen LogP contribution in [0, 0.1) is 12.7 Å². The minimum atomic E-state index is -0.513. The number of nitrogens with one attached hydrogen (secondary N) is 1. The number of esters is 1. The zero-order valence-corrected chi connectivity index (χ0v) is 18.3. The van der Waals surface area contributed by atoms with E-state index in [1.54, 1.807) is 36.4 Å². The van der Waals surface area contributed by atoms with Gasteiger partial charge in [-0.05, 0) is 54.4 Å². The first-order valence-electron chi connectivity index (χ1n) is 8.63. The van der Waals surface area contributed by atoms with Gasteiger partial charge < -0.3 is 14.8 Å². The lowest BCUT2D eigenvalue weighted by Crippen LogP contribution is -2.06. The molecule has 3 rings (SSSR count). The summed E-state index contributed by atoms with van der Waals surface area (Å²) < 4.78 is 26.0. The van der Waals surface area contributed by atoms with Crippen molar-refractivity contribution in [3.8, 4) is 16.9 Å². The number of carbonyl (C=O) groups excluding carboxylic acids is 1. The van der Waals surface area contributed by atoms with Crippen LogP contribution in [0.15, 0.2) is 53.0 Å². The predicted molar refractivity (Wildman–Crippen MR) is 117 cm³/mol. The molecule has 0 aliphatic rings. The summed E-state index contributed by atoms with van der Waals surface area (Å²) in [5.41, 5.74) is 3.08. The van der Waals surface area contributed by atoms with E-state index in [4.69, 9.17) is 21.1 Å². The molecule has 3 aromatic carbocycles. The van der Waals surface area contributed by atoms with Crippen LogP contribution in [0.4, 0.5) is 15.8 Å². The third-order valence-electron chi connectivity index (χ3n) is 4.41. The Morgan fingerprint density at radius 2 is 1.83 bits per heavy atom. The van der Waals surface area contributed by atoms with Gasteiger partial charge in [-0.25, -0.2) is 9.18 Å². The van der Waals surface area contributed by atoms with E-state index in [-0.39, 0.29) is 0 Å². The second kappa shape index (κ2) is 8.84. The Balaban J connectivity index is 2.05. The third-order valence-corrected chi connectivity index (χ3v) is 5.33. The summed E-state index contributed by atoms with van der Waals surface area (Å²) in [4.78, 5) is 12.1. The number of carbonyl (C=O) groups is 1. The monoisotopic (exact) mass is 477 g/mol. The SMILES string of the molecule is COC(=O)c1cc(Br)ccc1Nc1cc(F)c(-c2ccc(Cl)c(C)c2)cc1OC. The highest BCUT2D eigenvalue weighted by Gasteiger charge is 2.17. The van der Waals surface area contributed by atoms with Crippen LogP contribution >= 0.6 is 27.5 Å². The molecule has 1 N–H and O–H groups in total. The van der Waals surface area contributed by atoms with E-state index in [0.717, 1.165) is 10.0 Å². The van der Waals surface area contributed by atoms with Crippen molar-refractivity contribution in [1.82, 2.24) is 0 Å². The largest absolute Gasteiger partial charge is 0.495 e. The highest BCUT2D eigenvalue weighted by molar-refractivity contribution is 9.10. The highest BCUT2D eigenvalue weighted by Crippen LogP contribution is 2.37. The van der Waals surface area contributed by atoms with Crippen LogP contribution in [0.2, 0.25) is 5.02 Å². The van der Waals surface area contributed by atoms with E-state index in [1.807, 2.05) is 13.0 Å². The molecule has 0 spiro atoms. The Kier molecular flexibility index (Phi) is 6.45. The molecule has 0 radical (unpaired) electrons. The summed E-state index contributed by atoms with van der Waals surface area (Å²) in [5.74, 6) is -0.527. The summed E-state index contributed by atoms with van der Waals surface area (Å²) in [6.45, 7) is 1.86. The van der Waals surface area contributed by atoms with E-state index < -0.39 is 11.8 Å². The van der Waals surface area contributed by atoms with E-state index in [1.165, 1.54) is 20.3 Å². The lowest BCUT2D eigenvalue weighted by atomic mass is 10.0. The van der Waals surface area contributed by atoms with Gasteiger partial charge in [0.1, 0.15) is 11.6 Å². The molecule has 4 nitrogen and oxygen atoms in total. The molecule has 0 saturated heterocycles. The number of benzene rings is 3. The third kappa shape index (κ3) is 4.54. The average molecular weight is 479 g/mol. The molecular weight excluding hydrogens is 461 g/mol. The van der Waals surface area contributed by atoms with Crippen LogP contribution in [0.3, 0.4) is 0 Å². The van der Waals surface area contributed by atoms with Crippen LogP contribution in [0.5, 0.6) is 5.75 Å². The lowest BCUT2D eigenvalue weighted by Gasteiger charge is -2.16. The van der Waals surface area contributed by atoms with Gasteiger partial charge in [-0.3, -0.25) is 0 Å². The van der Waals surface area contributed by atoms with Crippen molar-refractivity contribution in [1.29, 1.82) is 0 Å². The average Bonchev–Trinajstić information content (AvgIpc) is 2.71. The van der Waals surface area contributed by atoms with Gasteiger partial charge in [0.2, 0.25) is 0 Å². The molecule has 150 valence electrons. The Labute approximate surface area is 181 Å². The number of ether oxygens (including phenoxy) is 2. The first kappa shape index (κ1) is 21.1. The zero-order valence-electron chi connectivity index (χ0n) is 16.0. The van der Waals surface area contributed by atoms with Gasteiger partial charge in [-0.2, -0.15) is 0 Å². The van der Waals surface area contributed by atoms with Crippen molar-refractivity contribution >= 4 is 44.9 Å². The summed E-state index contributed by atoms with van der Waals surface area (Å²) in [5, 5.41) is 3.68. The highest BCUT2D eigenvalue weighted by atomic mass is 79.9. The standard InChI is InChI=1S/C22H18BrClFNO3/c1-12-8-13(4-6-17(12)24)15-10-21(28-2)20(11-18(15)25)26-19-7-5-14(23)9-16(19)22(27)29-3/h4-11,26H,1-3H3. The molecule has 0 heterocycles. The fourth-order valence-corrected chi connectivity index (χ4v) is 3.38. The van der Waals surface area contributed by atoms with Gasteiger partial charge in [-0.1, -0.05) is 33.6 Å². The summed E-state index contributed by atoms with van der Waals surface area (Å²) in [7, 11) is 2.80. The molecule has 0 fully saturated rings. The van der Waals surface area contributed by atoms with Crippen molar-refractivity contribution in [3.63, 3.8) is 0 Å². The van der Waals surface area contributed by atoms with Crippen LogP contribution in [0.25, 0.3) is 11.1 Å². The Hall–Kier alpha value is -2.57. The van der Waals surface area contributed by atoms with Crippen LogP contribution in [-0.4, -0.2) is 20.2 Å². The van der Waals surface area contributed by atoms with E-state index in [9.17, 15) is 9.18 Å². The van der Waals surface area contributed by atoms with E-state index in [2.05, 4.69) is 21.2 Å². The summed E-state index contributed by atoms with van der Waals surface area (Å²) in [6, 6.07) is 13.3. The molecular formula is C22H18BrClFNO3. The predicted octanol–water partition coefficient (Wildman–Crippen LogP) is 6.76. The van der Waals surface area contributed by atoms with Gasteiger partial charge in [-0.15, -0.1) is 0 Å². The number of rotatable bonds is 5. The lowest BCUT2D eigenvalue weighted by molar-refractivity contribution is 0.0602. The molecule has 0 aromatic heterocycles. The fraction of sp³-hybridized carbons (Fsp3) is 0.136. The molecule has 29 heavy (non-hydrogen) atoms. The van der Waals surface area contributed by atoms with Gasteiger partial charge >= 0.3 is 5.97 Å². The van der Waals surface area contributed by atoms with Crippen molar-refractivity contribution in [2.75, 3.05) is 19.5 Å². The maximum absolute atomic E-state index is 14.9. The first-order chi connectivity index (χ1) is 13.8. The number of halogens is 3.